The van der Waals surface area contributed by atoms with E-state index in [-0.39, 0.29) is 17.8 Å². The molecule has 0 spiro atoms. The zero-order chi connectivity index (χ0) is 22.4. The van der Waals surface area contributed by atoms with Crippen molar-refractivity contribution in [3.8, 4) is 11.4 Å². The van der Waals surface area contributed by atoms with Gasteiger partial charge in [0.1, 0.15) is 5.88 Å². The standard InChI is InChI=1S/C12H18ClNO2S.C12H12N2/c1-8-7-17-10(3)12(8)14(11(15)5-13)9(2)6-16-4;1-3-7-13-9-10-14-8-4-2-6-12(14)11(13)5-1/h7,9H,5-6H2,1-4H3;1-8H,9-10H2/q;+2/t9-;/m0./s1. The minimum Gasteiger partial charge on any atom is -0.383 e. The van der Waals surface area contributed by atoms with Crippen LogP contribution in [0.15, 0.2) is 54.2 Å². The monoisotopic (exact) mass is 459 g/mol. The number of amides is 1. The number of carbonyl (C=O) groups is 1. The van der Waals surface area contributed by atoms with E-state index in [9.17, 15) is 4.79 Å². The number of hydrogen-bond donors (Lipinski definition) is 0. The fourth-order valence-corrected chi connectivity index (χ4v) is 4.88. The highest BCUT2D eigenvalue weighted by molar-refractivity contribution is 7.10. The maximum absolute atomic E-state index is 12.0. The Balaban J connectivity index is 0.000000178. The largest absolute Gasteiger partial charge is 0.383 e. The van der Waals surface area contributed by atoms with E-state index in [1.54, 1.807) is 23.3 Å². The van der Waals surface area contributed by atoms with Gasteiger partial charge in [-0.1, -0.05) is 0 Å². The zero-order valence-corrected chi connectivity index (χ0v) is 20.1. The summed E-state index contributed by atoms with van der Waals surface area (Å²) in [5.41, 5.74) is 4.69. The second-order valence-electron chi connectivity index (χ2n) is 7.58. The van der Waals surface area contributed by atoms with Crippen molar-refractivity contribution >= 4 is 34.5 Å². The molecule has 5 nitrogen and oxygen atoms in total. The van der Waals surface area contributed by atoms with Crippen molar-refractivity contribution in [2.24, 2.45) is 0 Å². The maximum atomic E-state index is 12.0. The van der Waals surface area contributed by atoms with Gasteiger partial charge >= 0.3 is 0 Å². The summed E-state index contributed by atoms with van der Waals surface area (Å²) in [7, 11) is 1.63. The highest BCUT2D eigenvalue weighted by atomic mass is 35.5. The summed E-state index contributed by atoms with van der Waals surface area (Å²) in [6.45, 7) is 8.62. The molecule has 3 aromatic rings. The summed E-state index contributed by atoms with van der Waals surface area (Å²) in [4.78, 5) is 14.9. The van der Waals surface area contributed by atoms with E-state index in [2.05, 4.69) is 63.3 Å². The van der Waals surface area contributed by atoms with Crippen LogP contribution < -0.4 is 14.0 Å². The Morgan fingerprint density at radius 3 is 2.16 bits per heavy atom. The van der Waals surface area contributed by atoms with Gasteiger partial charge in [0.25, 0.3) is 11.4 Å². The Morgan fingerprint density at radius 2 is 1.71 bits per heavy atom. The van der Waals surface area contributed by atoms with Gasteiger partial charge in [0, 0.05) is 36.3 Å². The van der Waals surface area contributed by atoms with Crippen molar-refractivity contribution in [3.05, 3.63) is 64.6 Å². The van der Waals surface area contributed by atoms with E-state index in [4.69, 9.17) is 16.3 Å². The first-order chi connectivity index (χ1) is 15.0. The number of aryl methyl sites for hydroxylation is 4. The van der Waals surface area contributed by atoms with Gasteiger partial charge in [0.05, 0.1) is 18.3 Å². The normalized spacial score (nSPS) is 12.8. The first-order valence-corrected chi connectivity index (χ1v) is 11.8. The molecule has 0 radical (unpaired) electrons. The molecule has 0 saturated carbocycles. The predicted molar refractivity (Wildman–Crippen MR) is 126 cm³/mol. The number of thiophene rings is 1. The second-order valence-corrected chi connectivity index (χ2v) is 8.93. The van der Waals surface area contributed by atoms with Gasteiger partial charge in [0.2, 0.25) is 19.0 Å². The van der Waals surface area contributed by atoms with Crippen molar-refractivity contribution < 1.29 is 18.7 Å². The summed E-state index contributed by atoms with van der Waals surface area (Å²) in [5.74, 6) is -0.0937. The Labute approximate surface area is 193 Å². The molecule has 3 aromatic heterocycles. The number of methoxy groups -OCH3 is 1. The molecule has 0 bridgehead atoms. The summed E-state index contributed by atoms with van der Waals surface area (Å²) in [5, 5.41) is 2.05. The lowest BCUT2D eigenvalue weighted by molar-refractivity contribution is -0.794. The number of hydrogen-bond acceptors (Lipinski definition) is 3. The molecule has 0 fully saturated rings. The Kier molecular flexibility index (Phi) is 8.18. The SMILES string of the molecule is COC[C@H](C)N(C(=O)CCl)c1c(C)csc1C.c1cc[n+]2c(c1)-c1cccc[n+]1CC2. The molecule has 1 aliphatic heterocycles. The number of halogens is 1. The third-order valence-electron chi connectivity index (χ3n) is 5.32. The molecule has 31 heavy (non-hydrogen) atoms. The van der Waals surface area contributed by atoms with Crippen LogP contribution >= 0.6 is 22.9 Å². The fraction of sp³-hybridized carbons (Fsp3) is 0.375. The molecule has 1 atom stereocenters. The average molecular weight is 460 g/mol. The quantitative estimate of drug-likeness (QED) is 0.428. The number of aromatic nitrogens is 2. The molecule has 0 N–H and O–H groups in total. The second kappa shape index (κ2) is 10.8. The highest BCUT2D eigenvalue weighted by Crippen LogP contribution is 2.32. The Morgan fingerprint density at radius 1 is 1.13 bits per heavy atom. The van der Waals surface area contributed by atoms with Crippen molar-refractivity contribution in [2.45, 2.75) is 39.9 Å². The molecule has 4 heterocycles. The van der Waals surface area contributed by atoms with Crippen LogP contribution in [0, 0.1) is 13.8 Å². The van der Waals surface area contributed by atoms with E-state index in [0.717, 1.165) is 29.2 Å². The third-order valence-corrected chi connectivity index (χ3v) is 6.56. The molecule has 0 aliphatic carbocycles. The molecule has 164 valence electrons. The summed E-state index contributed by atoms with van der Waals surface area (Å²) < 4.78 is 9.73. The number of anilines is 1. The van der Waals surface area contributed by atoms with Crippen molar-refractivity contribution in [2.75, 3.05) is 24.5 Å². The van der Waals surface area contributed by atoms with Crippen LogP contribution in [0.4, 0.5) is 5.69 Å². The van der Waals surface area contributed by atoms with Gasteiger partial charge in [-0.15, -0.1) is 22.9 Å². The van der Waals surface area contributed by atoms with E-state index in [1.807, 2.05) is 20.8 Å². The molecular weight excluding hydrogens is 430 g/mol. The zero-order valence-electron chi connectivity index (χ0n) is 18.5. The Hall–Kier alpha value is -2.28. The van der Waals surface area contributed by atoms with Gasteiger partial charge < -0.3 is 9.64 Å². The molecule has 1 amide bonds. The smallest absolute Gasteiger partial charge is 0.277 e. The van der Waals surface area contributed by atoms with Crippen LogP contribution in [0.3, 0.4) is 0 Å². The van der Waals surface area contributed by atoms with Gasteiger partial charge in [-0.05, 0) is 43.8 Å². The summed E-state index contributed by atoms with van der Waals surface area (Å²) >= 11 is 7.33. The lowest BCUT2D eigenvalue weighted by Crippen LogP contribution is -2.52. The van der Waals surface area contributed by atoms with E-state index < -0.39 is 0 Å². The average Bonchev–Trinajstić information content (AvgIpc) is 3.12. The molecular formula is C24H30ClN3O2S+2. The van der Waals surface area contributed by atoms with E-state index >= 15 is 0 Å². The van der Waals surface area contributed by atoms with Crippen molar-refractivity contribution in [1.82, 2.24) is 0 Å². The van der Waals surface area contributed by atoms with Crippen molar-refractivity contribution in [3.63, 3.8) is 0 Å². The number of carbonyl (C=O) groups excluding carboxylic acids is 1. The number of ether oxygens (including phenoxy) is 1. The number of rotatable bonds is 5. The van der Waals surface area contributed by atoms with Gasteiger partial charge in [-0.2, -0.15) is 9.13 Å². The van der Waals surface area contributed by atoms with E-state index in [0.29, 0.717) is 6.61 Å². The van der Waals surface area contributed by atoms with Crippen LogP contribution in [-0.2, 0) is 22.6 Å². The number of fused-ring (bicyclic) bond motifs is 3. The minimum atomic E-state index is -0.0826. The maximum Gasteiger partial charge on any atom is 0.277 e. The minimum absolute atomic E-state index is 0.0111. The number of alkyl halides is 1. The molecule has 7 heteroatoms. The van der Waals surface area contributed by atoms with Gasteiger partial charge in [0.15, 0.2) is 12.4 Å². The molecule has 1 aliphatic rings. The van der Waals surface area contributed by atoms with Crippen LogP contribution in [0.1, 0.15) is 17.4 Å². The van der Waals surface area contributed by atoms with Crippen LogP contribution in [0.5, 0.6) is 0 Å². The first-order valence-electron chi connectivity index (χ1n) is 10.4. The first kappa shape index (κ1) is 23.4. The van der Waals surface area contributed by atoms with Crippen molar-refractivity contribution in [1.29, 1.82) is 0 Å². The Bertz CT molecular complexity index is 972. The molecule has 0 unspecified atom stereocenters. The third kappa shape index (κ3) is 5.32. The highest BCUT2D eigenvalue weighted by Gasteiger charge is 2.27. The van der Waals surface area contributed by atoms with Gasteiger partial charge in [-0.3, -0.25) is 4.79 Å². The van der Waals surface area contributed by atoms with Gasteiger partial charge in [-0.25, -0.2) is 0 Å². The summed E-state index contributed by atoms with van der Waals surface area (Å²) in [6, 6.07) is 12.7. The molecule has 0 aromatic carbocycles. The number of nitrogens with zero attached hydrogens (tertiary/aromatic N) is 3. The summed E-state index contributed by atoms with van der Waals surface area (Å²) in [6.07, 6.45) is 4.29. The fourth-order valence-electron chi connectivity index (χ4n) is 3.92. The number of pyridine rings is 2. The van der Waals surface area contributed by atoms with Crippen LogP contribution in [0.25, 0.3) is 11.4 Å². The van der Waals surface area contributed by atoms with Crippen LogP contribution in [-0.4, -0.2) is 31.5 Å². The molecule has 0 saturated heterocycles. The lowest BCUT2D eigenvalue weighted by Gasteiger charge is -2.29. The lowest BCUT2D eigenvalue weighted by atomic mass is 10.2. The molecule has 4 rings (SSSR count). The van der Waals surface area contributed by atoms with Crippen LogP contribution in [0.2, 0.25) is 0 Å². The topological polar surface area (TPSA) is 37.3 Å². The predicted octanol–water partition coefficient (Wildman–Crippen LogP) is 3.91. The van der Waals surface area contributed by atoms with E-state index in [1.165, 1.54) is 11.4 Å².